The normalized spacial score (nSPS) is 11.7. The van der Waals surface area contributed by atoms with E-state index in [-0.39, 0.29) is 5.83 Å². The van der Waals surface area contributed by atoms with E-state index in [1.165, 1.54) is 17.4 Å². The number of aromatic nitrogens is 1. The van der Waals surface area contributed by atoms with Gasteiger partial charge in [-0.05, 0) is 30.0 Å². The highest BCUT2D eigenvalue weighted by molar-refractivity contribution is 7.11. The number of pyridine rings is 1. The van der Waals surface area contributed by atoms with E-state index in [0.29, 0.717) is 4.88 Å². The lowest BCUT2D eigenvalue weighted by Crippen LogP contribution is -1.74. The summed E-state index contributed by atoms with van der Waals surface area (Å²) in [5.41, 5.74) is 2.03. The molecule has 0 bridgehead atoms. The third-order valence-electron chi connectivity index (χ3n) is 2.08. The molecule has 0 aliphatic heterocycles. The Morgan fingerprint density at radius 1 is 1.47 bits per heavy atom. The van der Waals surface area contributed by atoms with Crippen molar-refractivity contribution in [2.45, 2.75) is 6.92 Å². The molecule has 0 saturated heterocycles. The molecule has 0 saturated carbocycles. The zero-order chi connectivity index (χ0) is 10.7. The van der Waals surface area contributed by atoms with Crippen LogP contribution in [0.4, 0.5) is 4.39 Å². The fraction of sp³-hybridized carbons (Fsp3) is 0.0833. The first-order chi connectivity index (χ1) is 7.31. The third-order valence-corrected chi connectivity index (χ3v) is 3.02. The van der Waals surface area contributed by atoms with Crippen LogP contribution in [0.3, 0.4) is 0 Å². The van der Waals surface area contributed by atoms with E-state index >= 15 is 0 Å². The van der Waals surface area contributed by atoms with Crippen LogP contribution in [-0.4, -0.2) is 4.98 Å². The van der Waals surface area contributed by atoms with Crippen molar-refractivity contribution in [1.29, 1.82) is 0 Å². The van der Waals surface area contributed by atoms with Crippen LogP contribution in [0.25, 0.3) is 17.0 Å². The second-order valence-corrected chi connectivity index (χ2v) is 3.99. The van der Waals surface area contributed by atoms with Crippen LogP contribution >= 0.6 is 11.3 Å². The van der Waals surface area contributed by atoms with E-state index in [0.717, 1.165) is 11.1 Å². The molecule has 76 valence electrons. The fourth-order valence-electron chi connectivity index (χ4n) is 1.29. The minimum absolute atomic E-state index is 0.171. The van der Waals surface area contributed by atoms with Gasteiger partial charge in [0.15, 0.2) is 0 Å². The van der Waals surface area contributed by atoms with Crippen molar-refractivity contribution in [3.8, 4) is 11.1 Å². The number of allylic oxidation sites excluding steroid dienone is 1. The Bertz CT molecular complexity index is 473. The van der Waals surface area contributed by atoms with Gasteiger partial charge in [0.05, 0.1) is 4.88 Å². The lowest BCUT2D eigenvalue weighted by atomic mass is 10.1. The number of rotatable bonds is 2. The first-order valence-electron chi connectivity index (χ1n) is 4.62. The van der Waals surface area contributed by atoms with Crippen LogP contribution in [0.1, 0.15) is 11.8 Å². The van der Waals surface area contributed by atoms with Gasteiger partial charge < -0.3 is 0 Å². The van der Waals surface area contributed by atoms with Gasteiger partial charge in [-0.25, -0.2) is 4.39 Å². The number of hydrogen-bond donors (Lipinski definition) is 0. The Hall–Kier alpha value is -1.48. The second-order valence-electron chi connectivity index (χ2n) is 3.08. The topological polar surface area (TPSA) is 12.9 Å². The molecule has 0 amide bonds. The smallest absolute Gasteiger partial charge is 0.136 e. The molecule has 0 aromatic carbocycles. The Balaban J connectivity index is 2.36. The summed E-state index contributed by atoms with van der Waals surface area (Å²) in [7, 11) is 0. The van der Waals surface area contributed by atoms with Crippen LogP contribution in [0.2, 0.25) is 0 Å². The summed E-state index contributed by atoms with van der Waals surface area (Å²) in [6.07, 6.45) is 4.97. The number of thiophene rings is 1. The van der Waals surface area contributed by atoms with Crippen LogP contribution in [0.15, 0.2) is 42.0 Å². The van der Waals surface area contributed by atoms with Crippen molar-refractivity contribution in [2.24, 2.45) is 0 Å². The first kappa shape index (κ1) is 10.1. The lowest BCUT2D eigenvalue weighted by molar-refractivity contribution is 0.762. The highest BCUT2D eigenvalue weighted by atomic mass is 32.1. The molecule has 0 spiro atoms. The van der Waals surface area contributed by atoms with Crippen LogP contribution in [0, 0.1) is 0 Å². The maximum atomic E-state index is 13.2. The SMILES string of the molecule is C/C=C(/F)c1cc(-c2cccnc2)cs1. The number of hydrogen-bond acceptors (Lipinski definition) is 2. The summed E-state index contributed by atoms with van der Waals surface area (Å²) in [6, 6.07) is 5.68. The standard InChI is InChI=1S/C12H10FNS/c1-2-11(13)12-6-10(8-15-12)9-4-3-5-14-7-9/h2-8H,1H3/b11-2+. The molecule has 2 aromatic heterocycles. The van der Waals surface area contributed by atoms with Crippen molar-refractivity contribution < 1.29 is 4.39 Å². The van der Waals surface area contributed by atoms with Gasteiger partial charge in [-0.1, -0.05) is 12.1 Å². The Kier molecular flexibility index (Phi) is 2.92. The Morgan fingerprint density at radius 2 is 2.33 bits per heavy atom. The summed E-state index contributed by atoms with van der Waals surface area (Å²) in [5, 5.41) is 1.94. The second kappa shape index (κ2) is 4.36. The molecule has 0 N–H and O–H groups in total. The van der Waals surface area contributed by atoms with Crippen LogP contribution < -0.4 is 0 Å². The van der Waals surface area contributed by atoms with Gasteiger partial charge in [0.2, 0.25) is 0 Å². The van der Waals surface area contributed by atoms with Gasteiger partial charge in [-0.15, -0.1) is 11.3 Å². The van der Waals surface area contributed by atoms with E-state index < -0.39 is 0 Å². The van der Waals surface area contributed by atoms with Crippen molar-refractivity contribution in [3.05, 3.63) is 46.9 Å². The number of halogens is 1. The van der Waals surface area contributed by atoms with Gasteiger partial charge in [0, 0.05) is 18.0 Å². The van der Waals surface area contributed by atoms with Crippen molar-refractivity contribution in [2.75, 3.05) is 0 Å². The predicted molar refractivity (Wildman–Crippen MR) is 62.3 cm³/mol. The van der Waals surface area contributed by atoms with Crippen molar-refractivity contribution in [1.82, 2.24) is 4.98 Å². The Morgan fingerprint density at radius 3 is 3.00 bits per heavy atom. The van der Waals surface area contributed by atoms with E-state index in [4.69, 9.17) is 0 Å². The van der Waals surface area contributed by atoms with Gasteiger partial charge in [-0.3, -0.25) is 4.98 Å². The zero-order valence-electron chi connectivity index (χ0n) is 8.27. The van der Waals surface area contributed by atoms with E-state index in [1.807, 2.05) is 23.6 Å². The van der Waals surface area contributed by atoms with Gasteiger partial charge in [0.1, 0.15) is 5.83 Å². The summed E-state index contributed by atoms with van der Waals surface area (Å²) in [4.78, 5) is 4.69. The molecule has 1 nitrogen and oxygen atoms in total. The van der Waals surface area contributed by atoms with E-state index in [1.54, 1.807) is 19.3 Å². The largest absolute Gasteiger partial charge is 0.264 e. The Labute approximate surface area is 91.9 Å². The summed E-state index contributed by atoms with van der Waals surface area (Å²) in [6.45, 7) is 1.69. The molecule has 0 aliphatic carbocycles. The minimum atomic E-state index is -0.171. The molecule has 3 heteroatoms. The zero-order valence-corrected chi connectivity index (χ0v) is 9.09. The number of nitrogens with zero attached hydrogens (tertiary/aromatic N) is 1. The molecule has 0 aliphatic rings. The maximum Gasteiger partial charge on any atom is 0.136 e. The van der Waals surface area contributed by atoms with Crippen molar-refractivity contribution >= 4 is 17.2 Å². The van der Waals surface area contributed by atoms with Gasteiger partial charge in [0.25, 0.3) is 0 Å². The quantitative estimate of drug-likeness (QED) is 0.739. The molecule has 0 unspecified atom stereocenters. The molecular weight excluding hydrogens is 209 g/mol. The molecule has 2 heterocycles. The van der Waals surface area contributed by atoms with Crippen LogP contribution in [-0.2, 0) is 0 Å². The van der Waals surface area contributed by atoms with Crippen LogP contribution in [0.5, 0.6) is 0 Å². The molecule has 2 aromatic rings. The lowest BCUT2D eigenvalue weighted by Gasteiger charge is -1.94. The summed E-state index contributed by atoms with van der Waals surface area (Å²) in [5.74, 6) is -0.171. The average molecular weight is 219 g/mol. The molecule has 0 fully saturated rings. The monoisotopic (exact) mass is 219 g/mol. The maximum absolute atomic E-state index is 13.2. The van der Waals surface area contributed by atoms with E-state index in [9.17, 15) is 4.39 Å². The molecule has 2 rings (SSSR count). The summed E-state index contributed by atoms with van der Waals surface area (Å²) < 4.78 is 13.2. The molecular formula is C12H10FNS. The van der Waals surface area contributed by atoms with Gasteiger partial charge in [-0.2, -0.15) is 0 Å². The average Bonchev–Trinajstić information content (AvgIpc) is 2.78. The fourth-order valence-corrected chi connectivity index (χ4v) is 2.17. The van der Waals surface area contributed by atoms with E-state index in [2.05, 4.69) is 4.98 Å². The predicted octanol–water partition coefficient (Wildman–Crippen LogP) is 4.14. The summed E-state index contributed by atoms with van der Waals surface area (Å²) >= 11 is 1.41. The van der Waals surface area contributed by atoms with Crippen molar-refractivity contribution in [3.63, 3.8) is 0 Å². The first-order valence-corrected chi connectivity index (χ1v) is 5.50. The highest BCUT2D eigenvalue weighted by Crippen LogP contribution is 2.29. The third kappa shape index (κ3) is 2.13. The van der Waals surface area contributed by atoms with Gasteiger partial charge >= 0.3 is 0 Å². The molecule has 15 heavy (non-hydrogen) atoms. The minimum Gasteiger partial charge on any atom is -0.264 e. The molecule has 0 radical (unpaired) electrons. The highest BCUT2D eigenvalue weighted by Gasteiger charge is 2.05. The molecule has 0 atom stereocenters.